The third-order valence-electron chi connectivity index (χ3n) is 3.12. The second kappa shape index (κ2) is 4.33. The lowest BCUT2D eigenvalue weighted by atomic mass is 9.87. The van der Waals surface area contributed by atoms with E-state index in [2.05, 4.69) is 51.2 Å². The molecule has 1 aliphatic rings. The Labute approximate surface area is 103 Å². The zero-order valence-corrected chi connectivity index (χ0v) is 11.4. The summed E-state index contributed by atoms with van der Waals surface area (Å²) in [4.78, 5) is 1.42. The average Bonchev–Trinajstić information content (AvgIpc) is 2.26. The van der Waals surface area contributed by atoms with Gasteiger partial charge in [0.25, 0.3) is 0 Å². The van der Waals surface area contributed by atoms with Crippen molar-refractivity contribution in [2.45, 2.75) is 49.7 Å². The number of hydrogen-bond donors (Lipinski definition) is 1. The maximum atomic E-state index is 3.52. The smallest absolute Gasteiger partial charge is 0.0479 e. The zero-order chi connectivity index (χ0) is 11.8. The molecule has 0 saturated carbocycles. The van der Waals surface area contributed by atoms with Gasteiger partial charge in [-0.2, -0.15) is 0 Å². The fourth-order valence-corrected chi connectivity index (χ4v) is 3.06. The molecule has 88 valence electrons. The highest BCUT2D eigenvalue weighted by Gasteiger charge is 2.20. The van der Waals surface area contributed by atoms with Crippen LogP contribution in [0.15, 0.2) is 23.1 Å². The van der Waals surface area contributed by atoms with Gasteiger partial charge in [0, 0.05) is 22.4 Å². The van der Waals surface area contributed by atoms with Gasteiger partial charge in [-0.15, -0.1) is 11.8 Å². The molecular formula is C14H21NS. The van der Waals surface area contributed by atoms with Crippen molar-refractivity contribution in [2.24, 2.45) is 0 Å². The van der Waals surface area contributed by atoms with Crippen LogP contribution in [-0.2, 0) is 5.41 Å². The van der Waals surface area contributed by atoms with Gasteiger partial charge in [0.15, 0.2) is 0 Å². The third kappa shape index (κ3) is 2.37. The monoisotopic (exact) mass is 235 g/mol. The SMILES string of the molecule is CCC1CNc2ccc(C(C)(C)C)cc2S1. The summed E-state index contributed by atoms with van der Waals surface area (Å²) in [6, 6.07) is 6.84. The number of rotatable bonds is 1. The first-order valence-corrected chi connectivity index (χ1v) is 6.93. The van der Waals surface area contributed by atoms with Crippen LogP contribution < -0.4 is 5.32 Å². The molecule has 0 radical (unpaired) electrons. The molecule has 16 heavy (non-hydrogen) atoms. The Balaban J connectivity index is 2.31. The van der Waals surface area contributed by atoms with Crippen molar-refractivity contribution in [1.29, 1.82) is 0 Å². The van der Waals surface area contributed by atoms with Gasteiger partial charge in [-0.05, 0) is 29.5 Å². The molecule has 0 fully saturated rings. The van der Waals surface area contributed by atoms with Gasteiger partial charge in [-0.25, -0.2) is 0 Å². The van der Waals surface area contributed by atoms with E-state index in [1.165, 1.54) is 22.6 Å². The summed E-state index contributed by atoms with van der Waals surface area (Å²) in [7, 11) is 0. The van der Waals surface area contributed by atoms with Crippen LogP contribution in [0.25, 0.3) is 0 Å². The highest BCUT2D eigenvalue weighted by Crippen LogP contribution is 2.38. The lowest BCUT2D eigenvalue weighted by Gasteiger charge is -2.27. The highest BCUT2D eigenvalue weighted by atomic mass is 32.2. The topological polar surface area (TPSA) is 12.0 Å². The van der Waals surface area contributed by atoms with Crippen LogP contribution in [-0.4, -0.2) is 11.8 Å². The Hall–Kier alpha value is -0.630. The summed E-state index contributed by atoms with van der Waals surface area (Å²) in [5.74, 6) is 0. The van der Waals surface area contributed by atoms with E-state index in [9.17, 15) is 0 Å². The Bertz CT molecular complexity index is 379. The molecule has 1 nitrogen and oxygen atoms in total. The van der Waals surface area contributed by atoms with Crippen LogP contribution in [0, 0.1) is 0 Å². The minimum absolute atomic E-state index is 0.245. The second-order valence-corrected chi connectivity index (χ2v) is 6.83. The molecule has 0 spiro atoms. The summed E-state index contributed by atoms with van der Waals surface area (Å²) in [6.07, 6.45) is 1.23. The zero-order valence-electron chi connectivity index (χ0n) is 10.6. The molecule has 2 rings (SSSR count). The molecular weight excluding hydrogens is 214 g/mol. The van der Waals surface area contributed by atoms with E-state index in [1.54, 1.807) is 0 Å². The predicted molar refractivity (Wildman–Crippen MR) is 73.6 cm³/mol. The first-order valence-electron chi connectivity index (χ1n) is 6.06. The maximum absolute atomic E-state index is 3.52. The lowest BCUT2D eigenvalue weighted by Crippen LogP contribution is -2.21. The molecule has 0 bridgehead atoms. The molecule has 1 aliphatic heterocycles. The quantitative estimate of drug-likeness (QED) is 0.779. The number of hydrogen-bond acceptors (Lipinski definition) is 2. The summed E-state index contributed by atoms with van der Waals surface area (Å²) in [6.45, 7) is 10.2. The molecule has 1 heterocycles. The van der Waals surface area contributed by atoms with Gasteiger partial charge in [-0.3, -0.25) is 0 Å². The number of benzene rings is 1. The Morgan fingerprint density at radius 1 is 1.38 bits per heavy atom. The minimum atomic E-state index is 0.245. The molecule has 1 N–H and O–H groups in total. The number of anilines is 1. The Kier molecular flexibility index (Phi) is 3.20. The number of fused-ring (bicyclic) bond motifs is 1. The average molecular weight is 235 g/mol. The molecule has 0 aliphatic carbocycles. The normalized spacial score (nSPS) is 20.1. The van der Waals surface area contributed by atoms with Gasteiger partial charge in [0.05, 0.1) is 0 Å². The molecule has 0 amide bonds. The standard InChI is InChI=1S/C14H21NS/c1-5-11-9-15-12-7-6-10(14(2,3)4)8-13(12)16-11/h6-8,11,15H,5,9H2,1-4H3. The molecule has 1 aromatic rings. The van der Waals surface area contributed by atoms with Crippen LogP contribution in [0.4, 0.5) is 5.69 Å². The largest absolute Gasteiger partial charge is 0.383 e. The van der Waals surface area contributed by atoms with E-state index in [1.807, 2.05) is 11.8 Å². The van der Waals surface area contributed by atoms with Gasteiger partial charge >= 0.3 is 0 Å². The van der Waals surface area contributed by atoms with Crippen molar-refractivity contribution in [3.63, 3.8) is 0 Å². The van der Waals surface area contributed by atoms with Gasteiger partial charge in [-0.1, -0.05) is 33.8 Å². The highest BCUT2D eigenvalue weighted by molar-refractivity contribution is 8.00. The second-order valence-electron chi connectivity index (χ2n) is 5.49. The molecule has 0 aromatic heterocycles. The van der Waals surface area contributed by atoms with Gasteiger partial charge in [0.2, 0.25) is 0 Å². The molecule has 1 aromatic carbocycles. The van der Waals surface area contributed by atoms with Crippen molar-refractivity contribution >= 4 is 17.4 Å². The van der Waals surface area contributed by atoms with E-state index >= 15 is 0 Å². The fraction of sp³-hybridized carbons (Fsp3) is 0.571. The van der Waals surface area contributed by atoms with Crippen molar-refractivity contribution in [3.05, 3.63) is 23.8 Å². The first-order chi connectivity index (χ1) is 7.50. The molecule has 1 unspecified atom stereocenters. The van der Waals surface area contributed by atoms with Crippen LogP contribution in [0.5, 0.6) is 0 Å². The van der Waals surface area contributed by atoms with E-state index in [0.717, 1.165) is 11.8 Å². The number of thioether (sulfide) groups is 1. The summed E-state index contributed by atoms with van der Waals surface area (Å²) in [5, 5.41) is 4.25. The van der Waals surface area contributed by atoms with E-state index in [4.69, 9.17) is 0 Å². The van der Waals surface area contributed by atoms with Gasteiger partial charge in [0.1, 0.15) is 0 Å². The third-order valence-corrected chi connectivity index (χ3v) is 4.54. The van der Waals surface area contributed by atoms with E-state index in [0.29, 0.717) is 0 Å². The van der Waals surface area contributed by atoms with Gasteiger partial charge < -0.3 is 5.32 Å². The van der Waals surface area contributed by atoms with Crippen LogP contribution >= 0.6 is 11.8 Å². The lowest BCUT2D eigenvalue weighted by molar-refractivity contribution is 0.588. The molecule has 2 heteroatoms. The van der Waals surface area contributed by atoms with E-state index in [-0.39, 0.29) is 5.41 Å². The van der Waals surface area contributed by atoms with Crippen molar-refractivity contribution in [3.8, 4) is 0 Å². The predicted octanol–water partition coefficient (Wildman–Crippen LogP) is 4.28. The molecule has 0 saturated heterocycles. The van der Waals surface area contributed by atoms with Crippen molar-refractivity contribution < 1.29 is 0 Å². The van der Waals surface area contributed by atoms with E-state index < -0.39 is 0 Å². The van der Waals surface area contributed by atoms with Crippen LogP contribution in [0.2, 0.25) is 0 Å². The van der Waals surface area contributed by atoms with Crippen molar-refractivity contribution in [1.82, 2.24) is 0 Å². The summed E-state index contributed by atoms with van der Waals surface area (Å²) < 4.78 is 0. The first kappa shape index (κ1) is 11.8. The summed E-state index contributed by atoms with van der Waals surface area (Å²) >= 11 is 2.02. The Morgan fingerprint density at radius 2 is 2.12 bits per heavy atom. The number of nitrogens with one attached hydrogen (secondary N) is 1. The van der Waals surface area contributed by atoms with Crippen LogP contribution in [0.1, 0.15) is 39.7 Å². The fourth-order valence-electron chi connectivity index (χ4n) is 1.91. The summed E-state index contributed by atoms with van der Waals surface area (Å²) in [5.41, 5.74) is 2.98. The van der Waals surface area contributed by atoms with Crippen LogP contribution in [0.3, 0.4) is 0 Å². The minimum Gasteiger partial charge on any atom is -0.383 e. The molecule has 1 atom stereocenters. The maximum Gasteiger partial charge on any atom is 0.0479 e. The van der Waals surface area contributed by atoms with Crippen molar-refractivity contribution in [2.75, 3.05) is 11.9 Å². The Morgan fingerprint density at radius 3 is 2.75 bits per heavy atom.